The third kappa shape index (κ3) is 6.56. The number of aromatic nitrogens is 1. The summed E-state index contributed by atoms with van der Waals surface area (Å²) in [7, 11) is 0. The Balaban J connectivity index is 2.16. The number of nitrogens with zero attached hydrogens (tertiary/aromatic N) is 1. The Hall–Kier alpha value is -2.61. The molecule has 0 saturated heterocycles. The molecular weight excluding hydrogens is 385 g/mol. The van der Waals surface area contributed by atoms with Gasteiger partial charge in [-0.3, -0.25) is 14.6 Å². The number of alkyl halides is 3. The minimum atomic E-state index is -4.85. The second-order valence-corrected chi connectivity index (χ2v) is 6.31. The van der Waals surface area contributed by atoms with Crippen molar-refractivity contribution < 1.29 is 27.5 Å². The molecule has 5 nitrogen and oxygen atoms in total. The molecule has 1 atom stereocenters. The highest BCUT2D eigenvalue weighted by Crippen LogP contribution is 2.29. The number of ether oxygens (including phenoxy) is 1. The molecule has 0 aliphatic rings. The van der Waals surface area contributed by atoms with Crippen LogP contribution in [0.2, 0.25) is 5.02 Å². The molecule has 1 aromatic heterocycles. The first kappa shape index (κ1) is 20.7. The van der Waals surface area contributed by atoms with E-state index in [0.717, 1.165) is 12.1 Å². The van der Waals surface area contributed by atoms with Crippen LogP contribution in [0.1, 0.15) is 41.5 Å². The standard InChI is InChI=1S/C18H16ClF3N2O3/c1-10(25)5-15-7-12(3-4-23-15)17(26)24-11(2)13-6-14(19)9-16(8-13)27-18(20,21)22/h3-4,6-9,11H,5H2,1-2H3,(H,24,26). The van der Waals surface area contributed by atoms with Crippen LogP contribution in [0.25, 0.3) is 0 Å². The van der Waals surface area contributed by atoms with E-state index in [1.807, 2.05) is 0 Å². The van der Waals surface area contributed by atoms with Gasteiger partial charge in [-0.05, 0) is 49.7 Å². The normalized spacial score (nSPS) is 12.4. The van der Waals surface area contributed by atoms with Crippen LogP contribution in [0, 0.1) is 0 Å². The van der Waals surface area contributed by atoms with Crippen molar-refractivity contribution in [1.29, 1.82) is 0 Å². The molecule has 1 N–H and O–H groups in total. The average Bonchev–Trinajstić information content (AvgIpc) is 2.52. The number of amides is 1. The summed E-state index contributed by atoms with van der Waals surface area (Å²) in [4.78, 5) is 27.6. The van der Waals surface area contributed by atoms with E-state index in [1.165, 1.54) is 31.3 Å². The highest BCUT2D eigenvalue weighted by molar-refractivity contribution is 6.30. The summed E-state index contributed by atoms with van der Waals surface area (Å²) in [5.41, 5.74) is 1.07. The zero-order chi connectivity index (χ0) is 20.2. The Morgan fingerprint density at radius 2 is 1.96 bits per heavy atom. The lowest BCUT2D eigenvalue weighted by atomic mass is 10.1. The zero-order valence-electron chi connectivity index (χ0n) is 14.4. The van der Waals surface area contributed by atoms with Gasteiger partial charge in [0.15, 0.2) is 0 Å². The van der Waals surface area contributed by atoms with Crippen molar-refractivity contribution in [2.45, 2.75) is 32.7 Å². The van der Waals surface area contributed by atoms with Crippen LogP contribution in [-0.2, 0) is 11.2 Å². The third-order valence-electron chi connectivity index (χ3n) is 3.48. The Kier molecular flexibility index (Phi) is 6.43. The van der Waals surface area contributed by atoms with Crippen molar-refractivity contribution in [3.05, 3.63) is 58.4 Å². The third-order valence-corrected chi connectivity index (χ3v) is 3.70. The van der Waals surface area contributed by atoms with Crippen LogP contribution in [0.5, 0.6) is 5.75 Å². The second kappa shape index (κ2) is 8.39. The van der Waals surface area contributed by atoms with Crippen molar-refractivity contribution in [2.75, 3.05) is 0 Å². The van der Waals surface area contributed by atoms with E-state index < -0.39 is 24.1 Å². The van der Waals surface area contributed by atoms with Gasteiger partial charge < -0.3 is 10.1 Å². The Bertz CT molecular complexity index is 856. The van der Waals surface area contributed by atoms with Crippen molar-refractivity contribution >= 4 is 23.3 Å². The zero-order valence-corrected chi connectivity index (χ0v) is 15.2. The fourth-order valence-electron chi connectivity index (χ4n) is 2.36. The second-order valence-electron chi connectivity index (χ2n) is 5.88. The summed E-state index contributed by atoms with van der Waals surface area (Å²) in [5.74, 6) is -1.03. The molecule has 0 aliphatic heterocycles. The topological polar surface area (TPSA) is 68.3 Å². The number of hydrogen-bond acceptors (Lipinski definition) is 4. The van der Waals surface area contributed by atoms with Gasteiger partial charge in [-0.2, -0.15) is 0 Å². The smallest absolute Gasteiger partial charge is 0.406 e. The largest absolute Gasteiger partial charge is 0.573 e. The number of carbonyl (C=O) groups is 2. The summed E-state index contributed by atoms with van der Waals surface area (Å²) in [5, 5.41) is 2.71. The molecule has 0 spiro atoms. The molecule has 0 fully saturated rings. The molecule has 1 aromatic carbocycles. The number of nitrogens with one attached hydrogen (secondary N) is 1. The Morgan fingerprint density at radius 3 is 2.59 bits per heavy atom. The van der Waals surface area contributed by atoms with Crippen LogP contribution in [0.3, 0.4) is 0 Å². The summed E-state index contributed by atoms with van der Waals surface area (Å²) >= 11 is 5.85. The molecule has 1 unspecified atom stereocenters. The van der Waals surface area contributed by atoms with Crippen LogP contribution in [0.4, 0.5) is 13.2 Å². The van der Waals surface area contributed by atoms with E-state index in [4.69, 9.17) is 11.6 Å². The number of carbonyl (C=O) groups excluding carboxylic acids is 2. The number of halogens is 4. The van der Waals surface area contributed by atoms with E-state index in [2.05, 4.69) is 15.0 Å². The van der Waals surface area contributed by atoms with Gasteiger partial charge in [0.05, 0.1) is 6.04 Å². The van der Waals surface area contributed by atoms with Gasteiger partial charge in [-0.15, -0.1) is 13.2 Å². The summed E-state index contributed by atoms with van der Waals surface area (Å²) in [6.45, 7) is 3.01. The van der Waals surface area contributed by atoms with E-state index in [-0.39, 0.29) is 22.8 Å². The van der Waals surface area contributed by atoms with Crippen molar-refractivity contribution in [3.8, 4) is 5.75 Å². The lowest BCUT2D eigenvalue weighted by Crippen LogP contribution is -2.27. The summed E-state index contributed by atoms with van der Waals surface area (Å²) in [6.07, 6.45) is -3.34. The monoisotopic (exact) mass is 400 g/mol. The predicted molar refractivity (Wildman–Crippen MR) is 92.6 cm³/mol. The number of Topliss-reactive ketones (excluding diaryl/α,β-unsaturated/α-hetero) is 1. The van der Waals surface area contributed by atoms with Gasteiger partial charge >= 0.3 is 6.36 Å². The summed E-state index contributed by atoms with van der Waals surface area (Å²) < 4.78 is 41.1. The first-order valence-electron chi connectivity index (χ1n) is 7.85. The maximum atomic E-state index is 12.4. The number of hydrogen-bond donors (Lipinski definition) is 1. The fourth-order valence-corrected chi connectivity index (χ4v) is 2.59. The Labute approximate surface area is 158 Å². The van der Waals surface area contributed by atoms with Crippen LogP contribution in [-0.4, -0.2) is 23.0 Å². The SMILES string of the molecule is CC(=O)Cc1cc(C(=O)NC(C)c2cc(Cl)cc(OC(F)(F)F)c2)ccn1. The number of pyridine rings is 1. The van der Waals surface area contributed by atoms with Gasteiger partial charge in [0.1, 0.15) is 11.5 Å². The van der Waals surface area contributed by atoms with E-state index in [0.29, 0.717) is 11.3 Å². The molecule has 9 heteroatoms. The van der Waals surface area contributed by atoms with E-state index >= 15 is 0 Å². The minimum absolute atomic E-state index is 0.0421. The molecule has 2 aromatic rings. The van der Waals surface area contributed by atoms with E-state index in [9.17, 15) is 22.8 Å². The van der Waals surface area contributed by atoms with Gasteiger partial charge in [0.2, 0.25) is 0 Å². The highest BCUT2D eigenvalue weighted by atomic mass is 35.5. The van der Waals surface area contributed by atoms with Crippen molar-refractivity contribution in [3.63, 3.8) is 0 Å². The molecule has 0 radical (unpaired) electrons. The van der Waals surface area contributed by atoms with Gasteiger partial charge in [-0.25, -0.2) is 0 Å². The minimum Gasteiger partial charge on any atom is -0.406 e. The lowest BCUT2D eigenvalue weighted by Gasteiger charge is -2.17. The van der Waals surface area contributed by atoms with Gasteiger partial charge in [0, 0.05) is 28.9 Å². The summed E-state index contributed by atoms with van der Waals surface area (Å²) in [6, 6.07) is 5.93. The Morgan fingerprint density at radius 1 is 1.26 bits per heavy atom. The molecular formula is C18H16ClF3N2O3. The quantitative estimate of drug-likeness (QED) is 0.786. The van der Waals surface area contributed by atoms with Crippen molar-refractivity contribution in [1.82, 2.24) is 10.3 Å². The first-order valence-corrected chi connectivity index (χ1v) is 8.23. The predicted octanol–water partition coefficient (Wildman–Crippen LogP) is 4.26. The van der Waals surface area contributed by atoms with Crippen molar-refractivity contribution in [2.24, 2.45) is 0 Å². The fraction of sp³-hybridized carbons (Fsp3) is 0.278. The van der Waals surface area contributed by atoms with Crippen LogP contribution < -0.4 is 10.1 Å². The van der Waals surface area contributed by atoms with Crippen LogP contribution in [0.15, 0.2) is 36.5 Å². The maximum Gasteiger partial charge on any atom is 0.573 e. The van der Waals surface area contributed by atoms with Crippen LogP contribution >= 0.6 is 11.6 Å². The van der Waals surface area contributed by atoms with Gasteiger partial charge in [-0.1, -0.05) is 11.6 Å². The molecule has 144 valence electrons. The average molecular weight is 401 g/mol. The molecule has 27 heavy (non-hydrogen) atoms. The number of benzene rings is 1. The molecule has 0 bridgehead atoms. The van der Waals surface area contributed by atoms with Gasteiger partial charge in [0.25, 0.3) is 5.91 Å². The molecule has 1 heterocycles. The highest BCUT2D eigenvalue weighted by Gasteiger charge is 2.31. The first-order chi connectivity index (χ1) is 12.5. The lowest BCUT2D eigenvalue weighted by molar-refractivity contribution is -0.274. The number of ketones is 1. The molecule has 1 amide bonds. The maximum absolute atomic E-state index is 12.4. The molecule has 0 aliphatic carbocycles. The van der Waals surface area contributed by atoms with E-state index in [1.54, 1.807) is 6.92 Å². The molecule has 0 saturated carbocycles. The molecule has 2 rings (SSSR count). The number of rotatable bonds is 6.